The molecule has 3 aliphatic rings. The number of nitrogens with one attached hydrogen (secondary N) is 2. The molecule has 3 aliphatic heterocycles. The van der Waals surface area contributed by atoms with Crippen molar-refractivity contribution in [3.05, 3.63) is 51.2 Å². The molecule has 3 heterocycles. The Morgan fingerprint density at radius 1 is 1.33 bits per heavy atom. The van der Waals surface area contributed by atoms with Crippen molar-refractivity contribution in [2.24, 2.45) is 5.92 Å². The summed E-state index contributed by atoms with van der Waals surface area (Å²) in [7, 11) is 0. The number of hydrogen-bond acceptors (Lipinski definition) is 6. The van der Waals surface area contributed by atoms with Gasteiger partial charge in [-0.15, -0.1) is 0 Å². The predicted molar refractivity (Wildman–Crippen MR) is 131 cm³/mol. The van der Waals surface area contributed by atoms with Crippen LogP contribution in [0.5, 0.6) is 0 Å². The number of amides is 4. The number of nitro benzene ring substituents is 1. The molecule has 4 rings (SSSR count). The fraction of sp³-hybridized carbons (Fsp3) is 0.560. The van der Waals surface area contributed by atoms with E-state index in [1.165, 1.54) is 28.0 Å². The standard InChI is InChI=1S/C25H33N5O6/c1-4-28-20-14-29(19(11-15(2)3)23(31)26-13-18-9-6-10-36-18)24(32)21(20)22(27-25(28)33)16-7-5-8-17(12-16)30(34)35/h5,7-8,12,15,18-19,22H,4,6,9-11,13-14H2,1-3H3,(H,26,31)(H,27,33)/t18-,19-,22-/m1/s1. The summed E-state index contributed by atoms with van der Waals surface area (Å²) in [5.41, 5.74) is 1.19. The van der Waals surface area contributed by atoms with Crippen molar-refractivity contribution in [3.63, 3.8) is 0 Å². The highest BCUT2D eigenvalue weighted by Gasteiger charge is 2.47. The smallest absolute Gasteiger partial charge is 0.322 e. The summed E-state index contributed by atoms with van der Waals surface area (Å²) in [4.78, 5) is 54.0. The number of non-ortho nitro benzene ring substituents is 1. The minimum Gasteiger partial charge on any atom is -0.376 e. The Morgan fingerprint density at radius 3 is 2.75 bits per heavy atom. The molecule has 0 unspecified atom stereocenters. The molecule has 11 nitrogen and oxygen atoms in total. The third kappa shape index (κ3) is 5.06. The molecule has 2 N–H and O–H groups in total. The summed E-state index contributed by atoms with van der Waals surface area (Å²) >= 11 is 0. The molecule has 3 atom stereocenters. The normalized spacial score (nSPS) is 22.7. The van der Waals surface area contributed by atoms with Crippen molar-refractivity contribution in [2.75, 3.05) is 26.2 Å². The van der Waals surface area contributed by atoms with Gasteiger partial charge < -0.3 is 20.3 Å². The number of rotatable bonds is 9. The van der Waals surface area contributed by atoms with Crippen LogP contribution in [0.25, 0.3) is 0 Å². The molecule has 0 bridgehead atoms. The van der Waals surface area contributed by atoms with Gasteiger partial charge in [0, 0.05) is 31.8 Å². The third-order valence-electron chi connectivity index (χ3n) is 6.88. The summed E-state index contributed by atoms with van der Waals surface area (Å²) in [5, 5.41) is 17.1. The summed E-state index contributed by atoms with van der Waals surface area (Å²) in [5.74, 6) is -0.456. The van der Waals surface area contributed by atoms with Crippen molar-refractivity contribution in [1.82, 2.24) is 20.4 Å². The molecule has 0 aromatic heterocycles. The number of likely N-dealkylation sites (N-methyl/N-ethyl adjacent to an activating group) is 1. The molecule has 11 heteroatoms. The quantitative estimate of drug-likeness (QED) is 0.396. The maximum absolute atomic E-state index is 13.8. The van der Waals surface area contributed by atoms with Gasteiger partial charge in [0.25, 0.3) is 11.6 Å². The fourth-order valence-electron chi connectivity index (χ4n) is 5.13. The molecule has 0 radical (unpaired) electrons. The minimum atomic E-state index is -0.845. The topological polar surface area (TPSA) is 134 Å². The maximum atomic E-state index is 13.8. The van der Waals surface area contributed by atoms with E-state index >= 15 is 0 Å². The van der Waals surface area contributed by atoms with Gasteiger partial charge in [-0.25, -0.2) is 4.79 Å². The molecule has 0 spiro atoms. The van der Waals surface area contributed by atoms with Crippen molar-refractivity contribution >= 4 is 23.5 Å². The van der Waals surface area contributed by atoms with Crippen LogP contribution < -0.4 is 10.6 Å². The second-order valence-corrected chi connectivity index (χ2v) is 9.80. The first-order chi connectivity index (χ1) is 17.2. The van der Waals surface area contributed by atoms with Crippen LogP contribution in [0.4, 0.5) is 10.5 Å². The summed E-state index contributed by atoms with van der Waals surface area (Å²) in [6.45, 7) is 7.32. The monoisotopic (exact) mass is 499 g/mol. The number of urea groups is 1. The van der Waals surface area contributed by atoms with E-state index in [1.807, 2.05) is 20.8 Å². The molecular weight excluding hydrogens is 466 g/mol. The number of nitro groups is 1. The van der Waals surface area contributed by atoms with E-state index < -0.39 is 17.0 Å². The molecule has 1 fully saturated rings. The van der Waals surface area contributed by atoms with E-state index in [1.54, 1.807) is 6.07 Å². The van der Waals surface area contributed by atoms with Crippen molar-refractivity contribution in [3.8, 4) is 0 Å². The van der Waals surface area contributed by atoms with E-state index in [9.17, 15) is 24.5 Å². The first kappa shape index (κ1) is 25.6. The van der Waals surface area contributed by atoms with E-state index in [0.29, 0.717) is 43.0 Å². The fourth-order valence-corrected chi connectivity index (χ4v) is 5.13. The average Bonchev–Trinajstić information content (AvgIpc) is 3.48. The lowest BCUT2D eigenvalue weighted by Gasteiger charge is -2.32. The van der Waals surface area contributed by atoms with Gasteiger partial charge in [0.2, 0.25) is 5.91 Å². The number of benzene rings is 1. The Balaban J connectivity index is 1.64. The molecule has 1 aromatic carbocycles. The van der Waals surface area contributed by atoms with Gasteiger partial charge in [-0.2, -0.15) is 0 Å². The number of carbonyl (C=O) groups is 3. The summed E-state index contributed by atoms with van der Waals surface area (Å²) in [6, 6.07) is 3.97. The van der Waals surface area contributed by atoms with Crippen molar-refractivity contribution in [2.45, 2.75) is 58.2 Å². The van der Waals surface area contributed by atoms with Gasteiger partial charge in [0.05, 0.1) is 34.9 Å². The van der Waals surface area contributed by atoms with E-state index in [4.69, 9.17) is 4.74 Å². The molecule has 4 amide bonds. The molecule has 0 aliphatic carbocycles. The maximum Gasteiger partial charge on any atom is 0.322 e. The minimum absolute atomic E-state index is 0.0232. The zero-order valence-corrected chi connectivity index (χ0v) is 20.9. The molecular formula is C25H33N5O6. The largest absolute Gasteiger partial charge is 0.376 e. The van der Waals surface area contributed by atoms with Gasteiger partial charge in [-0.3, -0.25) is 24.6 Å². The van der Waals surface area contributed by atoms with Gasteiger partial charge >= 0.3 is 6.03 Å². The van der Waals surface area contributed by atoms with Crippen LogP contribution in [0.3, 0.4) is 0 Å². The van der Waals surface area contributed by atoms with Crippen LogP contribution in [-0.2, 0) is 14.3 Å². The van der Waals surface area contributed by atoms with Crippen LogP contribution in [0, 0.1) is 16.0 Å². The van der Waals surface area contributed by atoms with Gasteiger partial charge in [0.1, 0.15) is 6.04 Å². The van der Waals surface area contributed by atoms with Crippen LogP contribution in [0.1, 0.15) is 51.6 Å². The van der Waals surface area contributed by atoms with E-state index in [2.05, 4.69) is 10.6 Å². The number of hydrogen-bond donors (Lipinski definition) is 2. The molecule has 194 valence electrons. The Kier molecular flexibility index (Phi) is 7.58. The molecule has 1 aromatic rings. The summed E-state index contributed by atoms with van der Waals surface area (Å²) in [6.07, 6.45) is 2.28. The van der Waals surface area contributed by atoms with Crippen molar-refractivity contribution in [1.29, 1.82) is 0 Å². The zero-order chi connectivity index (χ0) is 26.0. The van der Waals surface area contributed by atoms with Crippen LogP contribution >= 0.6 is 0 Å². The highest BCUT2D eigenvalue weighted by atomic mass is 16.6. The van der Waals surface area contributed by atoms with E-state index in [-0.39, 0.29) is 42.1 Å². The second kappa shape index (κ2) is 10.7. The van der Waals surface area contributed by atoms with Crippen LogP contribution in [0.2, 0.25) is 0 Å². The van der Waals surface area contributed by atoms with Gasteiger partial charge in [-0.1, -0.05) is 26.0 Å². The Bertz CT molecular complexity index is 1080. The number of carbonyl (C=O) groups excluding carboxylic acids is 3. The van der Waals surface area contributed by atoms with Crippen LogP contribution in [0.15, 0.2) is 35.5 Å². The third-order valence-corrected chi connectivity index (χ3v) is 6.88. The Morgan fingerprint density at radius 2 is 2.11 bits per heavy atom. The molecule has 36 heavy (non-hydrogen) atoms. The second-order valence-electron chi connectivity index (χ2n) is 9.80. The lowest BCUT2D eigenvalue weighted by Crippen LogP contribution is -2.50. The lowest BCUT2D eigenvalue weighted by atomic mass is 9.95. The van der Waals surface area contributed by atoms with Crippen LogP contribution in [-0.4, -0.2) is 71.0 Å². The number of nitrogens with zero attached hydrogens (tertiary/aromatic N) is 3. The first-order valence-electron chi connectivity index (χ1n) is 12.5. The molecule has 1 saturated heterocycles. The highest BCUT2D eigenvalue weighted by molar-refractivity contribution is 6.03. The van der Waals surface area contributed by atoms with E-state index in [0.717, 1.165) is 12.8 Å². The Labute approximate surface area is 210 Å². The number of ether oxygens (including phenoxy) is 1. The predicted octanol–water partition coefficient (Wildman–Crippen LogP) is 2.49. The zero-order valence-electron chi connectivity index (χ0n) is 20.9. The van der Waals surface area contributed by atoms with Crippen molar-refractivity contribution < 1.29 is 24.0 Å². The average molecular weight is 500 g/mol. The molecule has 0 saturated carbocycles. The highest BCUT2D eigenvalue weighted by Crippen LogP contribution is 2.38. The summed E-state index contributed by atoms with van der Waals surface area (Å²) < 4.78 is 5.61. The first-order valence-corrected chi connectivity index (χ1v) is 12.5. The SMILES string of the molecule is CCN1C(=O)N[C@H](c2cccc([N+](=O)[O-])c2)C2=C1CN([C@H](CC(C)C)C(=O)NC[C@H]1CCCO1)C2=O. The lowest BCUT2D eigenvalue weighted by molar-refractivity contribution is -0.384. The van der Waals surface area contributed by atoms with Gasteiger partial charge in [-0.05, 0) is 37.7 Å². The Hall–Kier alpha value is -3.47. The van der Waals surface area contributed by atoms with Gasteiger partial charge in [0.15, 0.2) is 0 Å².